The molecule has 4 aromatic heterocycles. The summed E-state index contributed by atoms with van der Waals surface area (Å²) < 4.78 is 6.17. The van der Waals surface area contributed by atoms with E-state index < -0.39 is 0 Å². The maximum Gasteiger partial charge on any atom is 0.283 e. The van der Waals surface area contributed by atoms with Gasteiger partial charge in [-0.3, -0.25) is 0 Å². The molecule has 0 saturated carbocycles. The first-order valence-electron chi connectivity index (χ1n) is 8.21. The van der Waals surface area contributed by atoms with E-state index in [4.69, 9.17) is 15.5 Å². The van der Waals surface area contributed by atoms with Crippen LogP contribution in [0.4, 0.5) is 5.69 Å². The fourth-order valence-corrected chi connectivity index (χ4v) is 4.92. The van der Waals surface area contributed by atoms with Gasteiger partial charge in [0, 0.05) is 36.2 Å². The quantitative estimate of drug-likeness (QED) is 0.394. The number of nitrogens with two attached hydrogens (primary N) is 1. The molecule has 0 aliphatic rings. The third kappa shape index (κ3) is 3.61. The van der Waals surface area contributed by atoms with E-state index in [1.807, 2.05) is 12.3 Å². The van der Waals surface area contributed by atoms with Crippen LogP contribution < -0.4 is 10.7 Å². The van der Waals surface area contributed by atoms with Gasteiger partial charge in [-0.1, -0.05) is 4.98 Å². The van der Waals surface area contributed by atoms with E-state index in [1.54, 1.807) is 61.2 Å². The zero-order valence-electron chi connectivity index (χ0n) is 14.5. The second-order valence-corrected chi connectivity index (χ2v) is 7.99. The van der Waals surface area contributed by atoms with Gasteiger partial charge < -0.3 is 10.5 Å². The van der Waals surface area contributed by atoms with Crippen molar-refractivity contribution in [3.8, 4) is 22.6 Å². The normalized spacial score (nSPS) is 11.1. The standard InChI is InChI=1S/C18H16N6OS2/c1-25-5-6-26-18-15(19)14-12(16-22-3-2-4-23-16)7-13(24-17(14)27-18)11-8-20-10-21-9-11/h2-4,7-10H,5-6,19H2,1H3/p+1. The lowest BCUT2D eigenvalue weighted by Crippen LogP contribution is -2.02. The molecule has 4 rings (SSSR count). The number of aromatic amines is 1. The van der Waals surface area contributed by atoms with Gasteiger partial charge in [-0.15, -0.1) is 23.1 Å². The number of hydrogen-bond donors (Lipinski definition) is 1. The molecule has 0 aliphatic carbocycles. The van der Waals surface area contributed by atoms with Gasteiger partial charge >= 0.3 is 0 Å². The molecule has 0 amide bonds. The van der Waals surface area contributed by atoms with Crippen molar-refractivity contribution in [1.82, 2.24) is 19.9 Å². The van der Waals surface area contributed by atoms with Gasteiger partial charge in [-0.05, 0) is 12.1 Å². The first-order valence-corrected chi connectivity index (χ1v) is 10.0. The Kier molecular flexibility index (Phi) is 5.23. The summed E-state index contributed by atoms with van der Waals surface area (Å²) in [6, 6.07) is 3.76. The van der Waals surface area contributed by atoms with Crippen LogP contribution in [0.2, 0.25) is 0 Å². The summed E-state index contributed by atoms with van der Waals surface area (Å²) in [6.45, 7) is 0.664. The molecular weight excluding hydrogens is 380 g/mol. The summed E-state index contributed by atoms with van der Waals surface area (Å²) in [5.41, 5.74) is 9.75. The van der Waals surface area contributed by atoms with Gasteiger partial charge in [-0.2, -0.15) is 0 Å². The number of nitrogen functional groups attached to an aromatic ring is 1. The van der Waals surface area contributed by atoms with Crippen LogP contribution in [0.5, 0.6) is 0 Å². The number of fused-ring (bicyclic) bond motifs is 1. The third-order valence-electron chi connectivity index (χ3n) is 3.89. The number of methoxy groups -OCH3 is 1. The van der Waals surface area contributed by atoms with Crippen LogP contribution in [0.1, 0.15) is 0 Å². The van der Waals surface area contributed by atoms with E-state index in [9.17, 15) is 0 Å². The van der Waals surface area contributed by atoms with Gasteiger partial charge in [0.15, 0.2) is 12.0 Å². The van der Waals surface area contributed by atoms with E-state index in [0.717, 1.165) is 42.7 Å². The number of thiophene rings is 1. The van der Waals surface area contributed by atoms with Crippen molar-refractivity contribution >= 4 is 39.0 Å². The highest BCUT2D eigenvalue weighted by Crippen LogP contribution is 2.44. The van der Waals surface area contributed by atoms with E-state index >= 15 is 0 Å². The van der Waals surface area contributed by atoms with Crippen molar-refractivity contribution in [3.63, 3.8) is 0 Å². The Labute approximate surface area is 164 Å². The maximum atomic E-state index is 6.48. The average Bonchev–Trinajstić information content (AvgIpc) is 3.04. The largest absolute Gasteiger partial charge is 0.397 e. The molecule has 136 valence electrons. The Hall–Kier alpha value is -2.62. The lowest BCUT2D eigenvalue weighted by atomic mass is 10.1. The van der Waals surface area contributed by atoms with Crippen molar-refractivity contribution < 1.29 is 9.72 Å². The van der Waals surface area contributed by atoms with Crippen LogP contribution in [0.25, 0.3) is 32.9 Å². The minimum atomic E-state index is 0.622. The zero-order valence-corrected chi connectivity index (χ0v) is 16.2. The molecule has 27 heavy (non-hydrogen) atoms. The van der Waals surface area contributed by atoms with E-state index in [-0.39, 0.29) is 0 Å². The molecule has 0 aromatic carbocycles. The number of aromatic nitrogens is 5. The van der Waals surface area contributed by atoms with Crippen molar-refractivity contribution in [2.45, 2.75) is 4.21 Å². The van der Waals surface area contributed by atoms with Gasteiger partial charge in [0.2, 0.25) is 0 Å². The van der Waals surface area contributed by atoms with Crippen molar-refractivity contribution in [3.05, 3.63) is 43.2 Å². The highest BCUT2D eigenvalue weighted by Gasteiger charge is 2.19. The molecule has 9 heteroatoms. The summed E-state index contributed by atoms with van der Waals surface area (Å²) >= 11 is 3.25. The second-order valence-electron chi connectivity index (χ2n) is 5.63. The second kappa shape index (κ2) is 7.95. The fraction of sp³-hybridized carbons (Fsp3) is 0.167. The molecule has 4 aromatic rings. The van der Waals surface area contributed by atoms with Crippen LogP contribution in [-0.4, -0.2) is 39.4 Å². The maximum absolute atomic E-state index is 6.48. The lowest BCUT2D eigenvalue weighted by Gasteiger charge is -2.06. The Morgan fingerprint density at radius 1 is 1.30 bits per heavy atom. The molecule has 7 nitrogen and oxygen atoms in total. The Morgan fingerprint density at radius 3 is 2.89 bits per heavy atom. The molecule has 0 fully saturated rings. The summed E-state index contributed by atoms with van der Waals surface area (Å²) in [6.07, 6.45) is 8.70. The predicted octanol–water partition coefficient (Wildman–Crippen LogP) is 2.95. The number of thioether (sulfide) groups is 1. The molecule has 4 heterocycles. The van der Waals surface area contributed by atoms with Crippen LogP contribution >= 0.6 is 23.1 Å². The molecule has 0 spiro atoms. The van der Waals surface area contributed by atoms with Gasteiger partial charge in [0.05, 0.1) is 27.8 Å². The zero-order chi connectivity index (χ0) is 18.6. The van der Waals surface area contributed by atoms with Crippen LogP contribution in [0, 0.1) is 0 Å². The Morgan fingerprint density at radius 2 is 2.15 bits per heavy atom. The summed E-state index contributed by atoms with van der Waals surface area (Å²) in [5, 5.41) is 0.891. The highest BCUT2D eigenvalue weighted by atomic mass is 32.2. The first-order chi connectivity index (χ1) is 13.3. The monoisotopic (exact) mass is 397 g/mol. The van der Waals surface area contributed by atoms with E-state index in [0.29, 0.717) is 12.4 Å². The number of H-pyrrole nitrogens is 1. The summed E-state index contributed by atoms with van der Waals surface area (Å²) in [7, 11) is 1.69. The summed E-state index contributed by atoms with van der Waals surface area (Å²) in [4.78, 5) is 21.7. The molecule has 0 unspecified atom stereocenters. The first kappa shape index (κ1) is 17.8. The number of nitrogens with zero attached hydrogens (tertiary/aromatic N) is 4. The molecule has 3 N–H and O–H groups in total. The number of pyridine rings is 1. The predicted molar refractivity (Wildman–Crippen MR) is 107 cm³/mol. The Balaban J connectivity index is 1.91. The molecule has 0 atom stereocenters. The highest BCUT2D eigenvalue weighted by molar-refractivity contribution is 8.01. The number of hydrogen-bond acceptors (Lipinski definition) is 8. The SMILES string of the molecule is COCCSc1sc2nc(-c3cnc[nH+]c3)cc(-c3ncccn3)c2c1N. The number of ether oxygens (including phenoxy) is 1. The van der Waals surface area contributed by atoms with E-state index in [2.05, 4.69) is 19.9 Å². The molecule has 0 radical (unpaired) electrons. The lowest BCUT2D eigenvalue weighted by molar-refractivity contribution is -0.382. The minimum Gasteiger partial charge on any atom is -0.397 e. The van der Waals surface area contributed by atoms with Gasteiger partial charge in [0.25, 0.3) is 6.33 Å². The van der Waals surface area contributed by atoms with Gasteiger partial charge in [-0.25, -0.2) is 19.9 Å². The van der Waals surface area contributed by atoms with Gasteiger partial charge in [0.1, 0.15) is 11.0 Å². The Bertz CT molecular complexity index is 1060. The van der Waals surface area contributed by atoms with Crippen LogP contribution in [0.15, 0.2) is 47.5 Å². The third-order valence-corrected chi connectivity index (χ3v) is 6.24. The number of rotatable bonds is 6. The van der Waals surface area contributed by atoms with Crippen LogP contribution in [-0.2, 0) is 4.74 Å². The van der Waals surface area contributed by atoms with Crippen molar-refractivity contribution in [2.75, 3.05) is 25.2 Å². The van der Waals surface area contributed by atoms with E-state index in [1.165, 1.54) is 0 Å². The minimum absolute atomic E-state index is 0.622. The average molecular weight is 398 g/mol. The van der Waals surface area contributed by atoms with Crippen molar-refractivity contribution in [1.29, 1.82) is 0 Å². The summed E-state index contributed by atoms with van der Waals surface area (Å²) in [5.74, 6) is 1.45. The smallest absolute Gasteiger partial charge is 0.283 e. The topological polar surface area (TPSA) is 101 Å². The molecule has 0 aliphatic heterocycles. The number of nitrogens with one attached hydrogen (secondary N) is 1. The fourth-order valence-electron chi connectivity index (χ4n) is 2.65. The van der Waals surface area contributed by atoms with Crippen molar-refractivity contribution in [2.24, 2.45) is 0 Å². The molecular formula is C18H17N6OS2+. The molecule has 0 saturated heterocycles. The number of anilines is 1. The van der Waals surface area contributed by atoms with Crippen LogP contribution in [0.3, 0.4) is 0 Å². The molecule has 0 bridgehead atoms.